The SMILES string of the molecule is CS(=O)(=O)N(CC(=O)NN=Cc1c2ccccc2cc2ccccc12)c1ccc(F)cc1. The molecule has 0 aliphatic rings. The minimum atomic E-state index is -3.76. The first-order valence-electron chi connectivity index (χ1n) is 9.78. The van der Waals surface area contributed by atoms with Crippen molar-refractivity contribution < 1.29 is 17.6 Å². The van der Waals surface area contributed by atoms with E-state index in [0.717, 1.165) is 49.8 Å². The molecule has 0 saturated heterocycles. The number of rotatable bonds is 6. The topological polar surface area (TPSA) is 78.8 Å². The summed E-state index contributed by atoms with van der Waals surface area (Å²) in [6.07, 6.45) is 2.54. The normalized spacial score (nSPS) is 11.8. The molecule has 1 amide bonds. The number of carbonyl (C=O) groups is 1. The molecule has 8 heteroatoms. The van der Waals surface area contributed by atoms with Crippen LogP contribution >= 0.6 is 0 Å². The summed E-state index contributed by atoms with van der Waals surface area (Å²) >= 11 is 0. The third-order valence-electron chi connectivity index (χ3n) is 5.00. The Kier molecular flexibility index (Phi) is 5.87. The Morgan fingerprint density at radius 2 is 1.53 bits per heavy atom. The number of carbonyl (C=O) groups excluding carboxylic acids is 1. The first-order chi connectivity index (χ1) is 15.3. The highest BCUT2D eigenvalue weighted by atomic mass is 32.2. The average molecular weight is 450 g/mol. The fourth-order valence-electron chi connectivity index (χ4n) is 3.53. The Morgan fingerprint density at radius 3 is 2.09 bits per heavy atom. The van der Waals surface area contributed by atoms with E-state index in [1.54, 1.807) is 6.21 Å². The van der Waals surface area contributed by atoms with Gasteiger partial charge >= 0.3 is 0 Å². The van der Waals surface area contributed by atoms with Crippen LogP contribution in [-0.4, -0.2) is 33.3 Å². The molecule has 0 spiro atoms. The van der Waals surface area contributed by atoms with Crippen molar-refractivity contribution in [2.24, 2.45) is 5.10 Å². The largest absolute Gasteiger partial charge is 0.271 e. The van der Waals surface area contributed by atoms with E-state index in [4.69, 9.17) is 0 Å². The number of hydrogen-bond donors (Lipinski definition) is 1. The van der Waals surface area contributed by atoms with E-state index in [-0.39, 0.29) is 5.69 Å². The van der Waals surface area contributed by atoms with Gasteiger partial charge in [0.1, 0.15) is 12.4 Å². The van der Waals surface area contributed by atoms with Crippen LogP contribution in [0.1, 0.15) is 5.56 Å². The van der Waals surface area contributed by atoms with E-state index in [9.17, 15) is 17.6 Å². The maximum Gasteiger partial charge on any atom is 0.260 e. The second kappa shape index (κ2) is 8.76. The molecular weight excluding hydrogens is 429 g/mol. The van der Waals surface area contributed by atoms with Gasteiger partial charge in [-0.2, -0.15) is 5.10 Å². The van der Waals surface area contributed by atoms with Crippen molar-refractivity contribution in [3.05, 3.63) is 90.2 Å². The van der Waals surface area contributed by atoms with Gasteiger partial charge in [0.2, 0.25) is 10.0 Å². The molecule has 0 atom stereocenters. The first kappa shape index (κ1) is 21.5. The molecule has 32 heavy (non-hydrogen) atoms. The minimum Gasteiger partial charge on any atom is -0.271 e. The number of sulfonamides is 1. The molecule has 0 aliphatic heterocycles. The number of benzene rings is 4. The van der Waals surface area contributed by atoms with Crippen molar-refractivity contribution >= 4 is 49.4 Å². The van der Waals surface area contributed by atoms with Gasteiger partial charge in [0.15, 0.2) is 0 Å². The number of anilines is 1. The molecule has 6 nitrogen and oxygen atoms in total. The molecule has 0 aliphatic carbocycles. The van der Waals surface area contributed by atoms with Gasteiger partial charge in [-0.05, 0) is 51.9 Å². The smallest absolute Gasteiger partial charge is 0.260 e. The quantitative estimate of drug-likeness (QED) is 0.274. The van der Waals surface area contributed by atoms with Crippen molar-refractivity contribution in [3.8, 4) is 0 Å². The number of nitrogens with one attached hydrogen (secondary N) is 1. The number of amides is 1. The summed E-state index contributed by atoms with van der Waals surface area (Å²) in [5.74, 6) is -1.13. The van der Waals surface area contributed by atoms with Gasteiger partial charge in [-0.1, -0.05) is 48.5 Å². The van der Waals surface area contributed by atoms with Gasteiger partial charge in [0, 0.05) is 5.56 Å². The molecule has 162 valence electrons. The van der Waals surface area contributed by atoms with E-state index in [1.807, 2.05) is 48.5 Å². The van der Waals surface area contributed by atoms with Crippen LogP contribution in [-0.2, 0) is 14.8 Å². The standard InChI is InChI=1S/C24H20FN3O3S/c1-32(30,31)28(20-12-10-19(25)11-13-20)16-24(29)27-26-15-23-21-8-4-2-6-17(21)14-18-7-3-5-9-22(18)23/h2-15H,16H2,1H3,(H,27,29). The van der Waals surface area contributed by atoms with Crippen molar-refractivity contribution in [1.82, 2.24) is 5.43 Å². The number of halogens is 1. The average Bonchev–Trinajstić information content (AvgIpc) is 2.77. The second-order valence-corrected chi connectivity index (χ2v) is 9.18. The van der Waals surface area contributed by atoms with Crippen molar-refractivity contribution in [2.75, 3.05) is 17.1 Å². The van der Waals surface area contributed by atoms with Gasteiger partial charge in [-0.15, -0.1) is 0 Å². The van der Waals surface area contributed by atoms with Crippen LogP contribution < -0.4 is 9.73 Å². The Morgan fingerprint density at radius 1 is 0.969 bits per heavy atom. The molecule has 4 aromatic rings. The van der Waals surface area contributed by atoms with Crippen LogP contribution in [0.4, 0.5) is 10.1 Å². The molecular formula is C24H20FN3O3S. The predicted molar refractivity (Wildman–Crippen MR) is 126 cm³/mol. The lowest BCUT2D eigenvalue weighted by Gasteiger charge is -2.21. The summed E-state index contributed by atoms with van der Waals surface area (Å²) < 4.78 is 38.4. The third-order valence-corrected chi connectivity index (χ3v) is 6.14. The number of fused-ring (bicyclic) bond motifs is 2. The van der Waals surface area contributed by atoms with Crippen molar-refractivity contribution in [3.63, 3.8) is 0 Å². The van der Waals surface area contributed by atoms with Crippen LogP contribution in [0.2, 0.25) is 0 Å². The van der Waals surface area contributed by atoms with Crippen LogP contribution in [0.5, 0.6) is 0 Å². The van der Waals surface area contributed by atoms with Crippen LogP contribution in [0.15, 0.2) is 84.0 Å². The Balaban J connectivity index is 1.59. The maximum absolute atomic E-state index is 13.2. The zero-order valence-electron chi connectivity index (χ0n) is 17.2. The summed E-state index contributed by atoms with van der Waals surface area (Å²) in [6.45, 7) is -0.488. The number of nitrogens with zero attached hydrogens (tertiary/aromatic N) is 2. The lowest BCUT2D eigenvalue weighted by molar-refractivity contribution is -0.119. The Bertz CT molecular complexity index is 1380. The van der Waals surface area contributed by atoms with Gasteiger partial charge in [0.25, 0.3) is 5.91 Å². The van der Waals surface area contributed by atoms with Gasteiger partial charge in [0.05, 0.1) is 18.2 Å². The summed E-state index contributed by atoms with van der Waals surface area (Å²) in [6, 6.07) is 22.7. The second-order valence-electron chi connectivity index (χ2n) is 7.27. The molecule has 0 fully saturated rings. The number of hydrogen-bond acceptors (Lipinski definition) is 4. The van der Waals surface area contributed by atoms with Gasteiger partial charge < -0.3 is 0 Å². The highest BCUT2D eigenvalue weighted by Gasteiger charge is 2.20. The zero-order valence-corrected chi connectivity index (χ0v) is 18.0. The van der Waals surface area contributed by atoms with E-state index in [1.165, 1.54) is 12.1 Å². The van der Waals surface area contributed by atoms with Crippen LogP contribution in [0, 0.1) is 5.82 Å². The lowest BCUT2D eigenvalue weighted by Crippen LogP contribution is -2.39. The molecule has 0 heterocycles. The molecule has 4 rings (SSSR count). The molecule has 0 radical (unpaired) electrons. The lowest BCUT2D eigenvalue weighted by atomic mass is 9.97. The highest BCUT2D eigenvalue weighted by molar-refractivity contribution is 7.92. The maximum atomic E-state index is 13.2. The third kappa shape index (κ3) is 4.60. The first-order valence-corrected chi connectivity index (χ1v) is 11.6. The molecule has 0 saturated carbocycles. The van der Waals surface area contributed by atoms with Crippen LogP contribution in [0.25, 0.3) is 21.5 Å². The molecule has 4 aromatic carbocycles. The highest BCUT2D eigenvalue weighted by Crippen LogP contribution is 2.27. The van der Waals surface area contributed by atoms with Crippen molar-refractivity contribution in [1.29, 1.82) is 0 Å². The zero-order chi connectivity index (χ0) is 22.7. The van der Waals surface area contributed by atoms with Gasteiger partial charge in [-0.3, -0.25) is 9.10 Å². The Hall–Kier alpha value is -3.78. The van der Waals surface area contributed by atoms with Crippen molar-refractivity contribution in [2.45, 2.75) is 0 Å². The number of hydrazone groups is 1. The Labute approximate surface area is 185 Å². The van der Waals surface area contributed by atoms with E-state index in [0.29, 0.717) is 0 Å². The predicted octanol–water partition coefficient (Wildman–Crippen LogP) is 4.05. The minimum absolute atomic E-state index is 0.188. The van der Waals surface area contributed by atoms with Crippen LogP contribution in [0.3, 0.4) is 0 Å². The van der Waals surface area contributed by atoms with E-state index < -0.39 is 28.3 Å². The molecule has 0 aromatic heterocycles. The molecule has 0 bridgehead atoms. The fourth-order valence-corrected chi connectivity index (χ4v) is 4.39. The summed E-state index contributed by atoms with van der Waals surface area (Å²) in [4.78, 5) is 12.5. The summed E-state index contributed by atoms with van der Waals surface area (Å²) in [7, 11) is -3.76. The summed E-state index contributed by atoms with van der Waals surface area (Å²) in [5.41, 5.74) is 3.43. The summed E-state index contributed by atoms with van der Waals surface area (Å²) in [5, 5.41) is 8.12. The fraction of sp³-hybridized carbons (Fsp3) is 0.0833. The molecule has 1 N–H and O–H groups in total. The monoisotopic (exact) mass is 449 g/mol. The molecule has 0 unspecified atom stereocenters. The van der Waals surface area contributed by atoms with E-state index in [2.05, 4.69) is 16.6 Å². The van der Waals surface area contributed by atoms with E-state index >= 15 is 0 Å². The van der Waals surface area contributed by atoms with Gasteiger partial charge in [-0.25, -0.2) is 18.2 Å².